The highest BCUT2D eigenvalue weighted by Gasteiger charge is 2.53. The van der Waals surface area contributed by atoms with E-state index in [0.717, 1.165) is 24.4 Å². The van der Waals surface area contributed by atoms with Gasteiger partial charge >= 0.3 is 0 Å². The second kappa shape index (κ2) is 3.99. The Morgan fingerprint density at radius 3 is 2.00 bits per heavy atom. The number of likely N-dealkylation sites (N-methyl/N-ethyl adjacent to an activating group) is 1. The fraction of sp³-hybridized carbons (Fsp3) is 1.00. The summed E-state index contributed by atoms with van der Waals surface area (Å²) in [6.07, 6.45) is 8.99. The fourth-order valence-corrected chi connectivity index (χ4v) is 5.34. The lowest BCUT2D eigenvalue weighted by Gasteiger charge is -2.59. The molecule has 0 spiro atoms. The van der Waals surface area contributed by atoms with Crippen molar-refractivity contribution in [2.45, 2.75) is 44.6 Å². The summed E-state index contributed by atoms with van der Waals surface area (Å²) < 4.78 is 5.42. The second-order valence-corrected chi connectivity index (χ2v) is 6.58. The molecule has 0 aliphatic heterocycles. The average Bonchev–Trinajstić information content (AvgIpc) is 2.23. The van der Waals surface area contributed by atoms with E-state index >= 15 is 0 Å². The molecule has 4 rings (SSSR count). The summed E-state index contributed by atoms with van der Waals surface area (Å²) in [6.45, 7) is 0.892. The summed E-state index contributed by atoms with van der Waals surface area (Å²) in [7, 11) is 3.95. The zero-order valence-corrected chi connectivity index (χ0v) is 10.7. The van der Waals surface area contributed by atoms with Crippen molar-refractivity contribution in [2.75, 3.05) is 20.8 Å². The second-order valence-electron chi connectivity index (χ2n) is 6.58. The SMILES string of the molecule is CNC(COC)C12CC3CC(CC(C3)C1)C2. The van der Waals surface area contributed by atoms with E-state index in [1.165, 1.54) is 38.5 Å². The van der Waals surface area contributed by atoms with Crippen molar-refractivity contribution in [3.63, 3.8) is 0 Å². The Morgan fingerprint density at radius 2 is 1.62 bits per heavy atom. The number of methoxy groups -OCH3 is 1. The molecule has 4 aliphatic rings. The third-order valence-electron chi connectivity index (χ3n) is 5.51. The summed E-state index contributed by atoms with van der Waals surface area (Å²) in [6, 6.07) is 0.589. The van der Waals surface area contributed by atoms with E-state index in [9.17, 15) is 0 Å². The van der Waals surface area contributed by atoms with Gasteiger partial charge in [0.2, 0.25) is 0 Å². The summed E-state index contributed by atoms with van der Waals surface area (Å²) >= 11 is 0. The van der Waals surface area contributed by atoms with Crippen LogP contribution in [0.5, 0.6) is 0 Å². The molecule has 4 bridgehead atoms. The summed E-state index contributed by atoms with van der Waals surface area (Å²) in [5, 5.41) is 3.54. The predicted molar refractivity (Wildman–Crippen MR) is 65.3 cm³/mol. The van der Waals surface area contributed by atoms with Crippen LogP contribution in [0.4, 0.5) is 0 Å². The Balaban J connectivity index is 1.81. The van der Waals surface area contributed by atoms with Gasteiger partial charge in [0.15, 0.2) is 0 Å². The summed E-state index contributed by atoms with van der Waals surface area (Å²) in [5.74, 6) is 3.12. The van der Waals surface area contributed by atoms with Crippen molar-refractivity contribution in [1.29, 1.82) is 0 Å². The molecule has 1 N–H and O–H groups in total. The van der Waals surface area contributed by atoms with E-state index in [4.69, 9.17) is 4.74 Å². The highest BCUT2D eigenvalue weighted by molar-refractivity contribution is 5.05. The molecule has 0 aromatic carbocycles. The van der Waals surface area contributed by atoms with E-state index in [-0.39, 0.29) is 0 Å². The maximum atomic E-state index is 5.42. The number of ether oxygens (including phenoxy) is 1. The van der Waals surface area contributed by atoms with Gasteiger partial charge in [-0.3, -0.25) is 0 Å². The van der Waals surface area contributed by atoms with E-state index in [2.05, 4.69) is 12.4 Å². The predicted octanol–water partition coefficient (Wildman–Crippen LogP) is 2.44. The Bertz CT molecular complexity index is 228. The number of rotatable bonds is 4. The number of hydrogen-bond donors (Lipinski definition) is 1. The molecule has 4 fully saturated rings. The zero-order chi connectivity index (χ0) is 11.2. The normalized spacial score (nSPS) is 47.2. The van der Waals surface area contributed by atoms with Gasteiger partial charge in [0.05, 0.1) is 6.61 Å². The first kappa shape index (κ1) is 11.0. The van der Waals surface area contributed by atoms with Gasteiger partial charge in [-0.15, -0.1) is 0 Å². The van der Waals surface area contributed by atoms with Gasteiger partial charge in [-0.1, -0.05) is 0 Å². The van der Waals surface area contributed by atoms with Gasteiger partial charge in [0, 0.05) is 13.2 Å². The Hall–Kier alpha value is -0.0800. The minimum Gasteiger partial charge on any atom is -0.383 e. The van der Waals surface area contributed by atoms with Crippen molar-refractivity contribution < 1.29 is 4.74 Å². The van der Waals surface area contributed by atoms with Crippen LogP contribution in [-0.4, -0.2) is 26.8 Å². The van der Waals surface area contributed by atoms with Crippen molar-refractivity contribution in [3.8, 4) is 0 Å². The molecule has 0 amide bonds. The van der Waals surface area contributed by atoms with Crippen molar-refractivity contribution in [2.24, 2.45) is 23.2 Å². The van der Waals surface area contributed by atoms with Crippen LogP contribution in [0.3, 0.4) is 0 Å². The largest absolute Gasteiger partial charge is 0.383 e. The summed E-state index contributed by atoms with van der Waals surface area (Å²) in [4.78, 5) is 0. The first-order chi connectivity index (χ1) is 7.75. The van der Waals surface area contributed by atoms with Crippen molar-refractivity contribution in [3.05, 3.63) is 0 Å². The van der Waals surface area contributed by atoms with E-state index in [0.29, 0.717) is 11.5 Å². The molecule has 1 unspecified atom stereocenters. The van der Waals surface area contributed by atoms with E-state index < -0.39 is 0 Å². The molecular weight excluding hydrogens is 198 g/mol. The average molecular weight is 223 g/mol. The van der Waals surface area contributed by atoms with Crippen LogP contribution < -0.4 is 5.32 Å². The quantitative estimate of drug-likeness (QED) is 0.790. The lowest BCUT2D eigenvalue weighted by Crippen LogP contribution is -2.56. The topological polar surface area (TPSA) is 21.3 Å². The molecule has 0 aromatic rings. The lowest BCUT2D eigenvalue weighted by molar-refractivity contribution is -0.0841. The monoisotopic (exact) mass is 223 g/mol. The molecule has 4 aliphatic carbocycles. The van der Waals surface area contributed by atoms with Crippen LogP contribution in [0.15, 0.2) is 0 Å². The van der Waals surface area contributed by atoms with Crippen LogP contribution in [0.2, 0.25) is 0 Å². The molecule has 4 saturated carbocycles. The van der Waals surface area contributed by atoms with Crippen LogP contribution in [-0.2, 0) is 4.74 Å². The number of hydrogen-bond acceptors (Lipinski definition) is 2. The highest BCUT2D eigenvalue weighted by atomic mass is 16.5. The molecule has 92 valence electrons. The van der Waals surface area contributed by atoms with E-state index in [1.807, 2.05) is 7.11 Å². The van der Waals surface area contributed by atoms with Gasteiger partial charge in [0.25, 0.3) is 0 Å². The standard InChI is InChI=1S/C14H25NO/c1-15-13(9-16-2)14-6-10-3-11(7-14)5-12(4-10)8-14/h10-13,15H,3-9H2,1-2H3. The van der Waals surface area contributed by atoms with Gasteiger partial charge < -0.3 is 10.1 Å². The molecular formula is C14H25NO. The van der Waals surface area contributed by atoms with Crippen LogP contribution in [0.25, 0.3) is 0 Å². The van der Waals surface area contributed by atoms with Crippen LogP contribution >= 0.6 is 0 Å². The van der Waals surface area contributed by atoms with E-state index in [1.54, 1.807) is 0 Å². The maximum absolute atomic E-state index is 5.42. The van der Waals surface area contributed by atoms with Gasteiger partial charge in [-0.25, -0.2) is 0 Å². The first-order valence-electron chi connectivity index (χ1n) is 6.92. The van der Waals surface area contributed by atoms with Gasteiger partial charge in [-0.05, 0) is 68.7 Å². The van der Waals surface area contributed by atoms with Gasteiger partial charge in [0.1, 0.15) is 0 Å². The molecule has 1 atom stereocenters. The minimum absolute atomic E-state index is 0.583. The zero-order valence-electron chi connectivity index (χ0n) is 10.7. The first-order valence-corrected chi connectivity index (χ1v) is 6.92. The Labute approximate surface area is 99.1 Å². The number of nitrogens with one attached hydrogen (secondary N) is 1. The maximum Gasteiger partial charge on any atom is 0.0621 e. The van der Waals surface area contributed by atoms with Crippen LogP contribution in [0, 0.1) is 23.2 Å². The molecule has 2 nitrogen and oxygen atoms in total. The molecule has 16 heavy (non-hydrogen) atoms. The van der Waals surface area contributed by atoms with Crippen LogP contribution in [0.1, 0.15) is 38.5 Å². The third kappa shape index (κ3) is 1.62. The fourth-order valence-electron chi connectivity index (χ4n) is 5.34. The highest BCUT2D eigenvalue weighted by Crippen LogP contribution is 2.61. The molecule has 0 saturated heterocycles. The third-order valence-corrected chi connectivity index (χ3v) is 5.51. The molecule has 0 radical (unpaired) electrons. The molecule has 2 heteroatoms. The van der Waals surface area contributed by atoms with Crippen molar-refractivity contribution >= 4 is 0 Å². The minimum atomic E-state index is 0.583. The van der Waals surface area contributed by atoms with Crippen molar-refractivity contribution in [1.82, 2.24) is 5.32 Å². The smallest absolute Gasteiger partial charge is 0.0621 e. The summed E-state index contributed by atoms with van der Waals surface area (Å²) in [5.41, 5.74) is 0.583. The lowest BCUT2D eigenvalue weighted by atomic mass is 9.48. The van der Waals surface area contributed by atoms with Gasteiger partial charge in [-0.2, -0.15) is 0 Å². The Kier molecular flexibility index (Phi) is 2.75. The molecule has 0 heterocycles. The Morgan fingerprint density at radius 1 is 1.12 bits per heavy atom. The molecule has 0 aromatic heterocycles.